The molecule has 1 aliphatic rings. The van der Waals surface area contributed by atoms with Crippen molar-refractivity contribution in [1.82, 2.24) is 10.2 Å². The zero-order chi connectivity index (χ0) is 11.5. The Morgan fingerprint density at radius 2 is 2.50 bits per heavy atom. The molecule has 1 aliphatic heterocycles. The summed E-state index contributed by atoms with van der Waals surface area (Å²) in [6.07, 6.45) is 1.55. The van der Waals surface area contributed by atoms with Gasteiger partial charge in [0.25, 0.3) is 0 Å². The quantitative estimate of drug-likeness (QED) is 0.734. The molecule has 6 heteroatoms. The van der Waals surface area contributed by atoms with Crippen molar-refractivity contribution in [3.63, 3.8) is 0 Å². The summed E-state index contributed by atoms with van der Waals surface area (Å²) >= 11 is 0. The highest BCUT2D eigenvalue weighted by Crippen LogP contribution is 2.08. The first-order chi connectivity index (χ1) is 7.65. The molecule has 6 nitrogen and oxygen atoms in total. The van der Waals surface area contributed by atoms with Crippen molar-refractivity contribution in [3.05, 3.63) is 24.2 Å². The Morgan fingerprint density at radius 3 is 3.12 bits per heavy atom. The molecule has 0 aromatic carbocycles. The predicted molar refractivity (Wildman–Crippen MR) is 53.6 cm³/mol. The normalized spacial score (nSPS) is 21.8. The maximum atomic E-state index is 11.3. The lowest BCUT2D eigenvalue weighted by Crippen LogP contribution is -2.56. The van der Waals surface area contributed by atoms with Gasteiger partial charge in [0.05, 0.1) is 19.4 Å². The number of hydrogen-bond acceptors (Lipinski definition) is 4. The highest BCUT2D eigenvalue weighted by atomic mass is 16.4. The Labute approximate surface area is 91.8 Å². The summed E-state index contributed by atoms with van der Waals surface area (Å²) in [6.45, 7) is 0.941. The Kier molecular flexibility index (Phi) is 2.91. The fourth-order valence-corrected chi connectivity index (χ4v) is 1.69. The predicted octanol–water partition coefficient (Wildman–Crippen LogP) is -0.335. The molecule has 1 fully saturated rings. The van der Waals surface area contributed by atoms with E-state index in [0.717, 1.165) is 5.76 Å². The van der Waals surface area contributed by atoms with Crippen LogP contribution in [0.4, 0.5) is 0 Å². The number of amides is 1. The lowest BCUT2D eigenvalue weighted by Gasteiger charge is -2.29. The average Bonchev–Trinajstić information content (AvgIpc) is 2.69. The topological polar surface area (TPSA) is 82.8 Å². The number of carboxylic acid groups (broad SMARTS) is 1. The molecular weight excluding hydrogens is 212 g/mol. The van der Waals surface area contributed by atoms with Gasteiger partial charge >= 0.3 is 5.97 Å². The highest BCUT2D eigenvalue weighted by molar-refractivity contribution is 5.86. The van der Waals surface area contributed by atoms with Crippen molar-refractivity contribution in [2.24, 2.45) is 0 Å². The van der Waals surface area contributed by atoms with Gasteiger partial charge in [-0.2, -0.15) is 0 Å². The third-order valence-electron chi connectivity index (χ3n) is 2.40. The van der Waals surface area contributed by atoms with E-state index in [0.29, 0.717) is 13.1 Å². The monoisotopic (exact) mass is 224 g/mol. The van der Waals surface area contributed by atoms with E-state index in [1.54, 1.807) is 23.3 Å². The molecule has 0 bridgehead atoms. The average molecular weight is 224 g/mol. The highest BCUT2D eigenvalue weighted by Gasteiger charge is 2.29. The number of carboxylic acids is 1. The molecule has 1 atom stereocenters. The first-order valence-electron chi connectivity index (χ1n) is 4.92. The van der Waals surface area contributed by atoms with Crippen LogP contribution in [0.2, 0.25) is 0 Å². The van der Waals surface area contributed by atoms with Crippen LogP contribution in [-0.4, -0.2) is 41.0 Å². The van der Waals surface area contributed by atoms with E-state index in [4.69, 9.17) is 9.52 Å². The van der Waals surface area contributed by atoms with E-state index >= 15 is 0 Å². The lowest BCUT2D eigenvalue weighted by molar-refractivity contribution is -0.144. The number of rotatable bonds is 3. The molecule has 0 saturated carbocycles. The molecule has 1 unspecified atom stereocenters. The minimum absolute atomic E-state index is 0.199. The summed E-state index contributed by atoms with van der Waals surface area (Å²) in [5, 5.41) is 11.2. The second-order valence-corrected chi connectivity index (χ2v) is 3.71. The SMILES string of the molecule is O=C1CN(Cc2ccco2)CC(C(=O)O)N1. The molecule has 1 aromatic rings. The largest absolute Gasteiger partial charge is 0.480 e. The van der Waals surface area contributed by atoms with Crippen molar-refractivity contribution < 1.29 is 19.1 Å². The zero-order valence-corrected chi connectivity index (χ0v) is 8.55. The van der Waals surface area contributed by atoms with Crippen LogP contribution in [0.25, 0.3) is 0 Å². The molecule has 0 aliphatic carbocycles. The van der Waals surface area contributed by atoms with E-state index in [1.807, 2.05) is 0 Å². The van der Waals surface area contributed by atoms with Gasteiger partial charge in [0, 0.05) is 6.54 Å². The molecule has 86 valence electrons. The van der Waals surface area contributed by atoms with Crippen LogP contribution < -0.4 is 5.32 Å². The van der Waals surface area contributed by atoms with Gasteiger partial charge in [-0.1, -0.05) is 0 Å². The molecule has 1 aromatic heterocycles. The van der Waals surface area contributed by atoms with Crippen LogP contribution in [0, 0.1) is 0 Å². The minimum atomic E-state index is -1.02. The Morgan fingerprint density at radius 1 is 1.69 bits per heavy atom. The molecule has 2 heterocycles. The molecule has 0 spiro atoms. The number of nitrogens with one attached hydrogen (secondary N) is 1. The van der Waals surface area contributed by atoms with Crippen molar-refractivity contribution in [2.45, 2.75) is 12.6 Å². The standard InChI is InChI=1S/C10H12N2O4/c13-9-6-12(4-7-2-1-3-16-7)5-8(11-9)10(14)15/h1-3,8H,4-6H2,(H,11,13)(H,14,15). The van der Waals surface area contributed by atoms with E-state index in [2.05, 4.69) is 5.32 Å². The van der Waals surface area contributed by atoms with Crippen LogP contribution in [-0.2, 0) is 16.1 Å². The van der Waals surface area contributed by atoms with Gasteiger partial charge in [0.1, 0.15) is 11.8 Å². The maximum Gasteiger partial charge on any atom is 0.327 e. The fraction of sp³-hybridized carbons (Fsp3) is 0.400. The van der Waals surface area contributed by atoms with Gasteiger partial charge in [0.2, 0.25) is 5.91 Å². The molecule has 2 N–H and O–H groups in total. The van der Waals surface area contributed by atoms with E-state index in [9.17, 15) is 9.59 Å². The summed E-state index contributed by atoms with van der Waals surface area (Å²) in [7, 11) is 0. The molecule has 1 amide bonds. The minimum Gasteiger partial charge on any atom is -0.480 e. The molecule has 0 radical (unpaired) electrons. The van der Waals surface area contributed by atoms with Crippen molar-refractivity contribution >= 4 is 11.9 Å². The number of carbonyl (C=O) groups excluding carboxylic acids is 1. The van der Waals surface area contributed by atoms with Crippen molar-refractivity contribution in [1.29, 1.82) is 0 Å². The molecule has 1 saturated heterocycles. The first-order valence-corrected chi connectivity index (χ1v) is 4.92. The smallest absolute Gasteiger partial charge is 0.327 e. The summed E-state index contributed by atoms with van der Waals surface area (Å²) in [5.41, 5.74) is 0. The Balaban J connectivity index is 1.99. The van der Waals surface area contributed by atoms with Crippen LogP contribution >= 0.6 is 0 Å². The number of aliphatic carboxylic acids is 1. The van der Waals surface area contributed by atoms with E-state index < -0.39 is 12.0 Å². The van der Waals surface area contributed by atoms with Gasteiger partial charge in [0.15, 0.2) is 0 Å². The van der Waals surface area contributed by atoms with Crippen LogP contribution in [0.15, 0.2) is 22.8 Å². The Hall–Kier alpha value is -1.82. The summed E-state index contributed by atoms with van der Waals surface area (Å²) in [6, 6.07) is 2.72. The summed E-state index contributed by atoms with van der Waals surface area (Å²) < 4.78 is 5.15. The number of hydrogen-bond donors (Lipinski definition) is 2. The third kappa shape index (κ3) is 2.40. The number of piperazine rings is 1. The first kappa shape index (κ1) is 10.7. The van der Waals surface area contributed by atoms with Crippen molar-refractivity contribution in [2.75, 3.05) is 13.1 Å². The van der Waals surface area contributed by atoms with Crippen LogP contribution in [0.5, 0.6) is 0 Å². The third-order valence-corrected chi connectivity index (χ3v) is 2.40. The summed E-state index contributed by atoms with van der Waals surface area (Å²) in [5.74, 6) is -0.568. The number of carbonyl (C=O) groups is 2. The van der Waals surface area contributed by atoms with Gasteiger partial charge in [-0.05, 0) is 12.1 Å². The van der Waals surface area contributed by atoms with Crippen molar-refractivity contribution in [3.8, 4) is 0 Å². The number of furan rings is 1. The van der Waals surface area contributed by atoms with E-state index in [-0.39, 0.29) is 12.5 Å². The van der Waals surface area contributed by atoms with Gasteiger partial charge < -0.3 is 14.8 Å². The van der Waals surface area contributed by atoms with Gasteiger partial charge in [-0.25, -0.2) is 4.79 Å². The lowest BCUT2D eigenvalue weighted by atomic mass is 10.2. The van der Waals surface area contributed by atoms with Gasteiger partial charge in [-0.3, -0.25) is 9.69 Å². The van der Waals surface area contributed by atoms with E-state index in [1.165, 1.54) is 0 Å². The Bertz CT molecular complexity index is 388. The molecular formula is C10H12N2O4. The number of nitrogens with zero attached hydrogens (tertiary/aromatic N) is 1. The second-order valence-electron chi connectivity index (χ2n) is 3.71. The maximum absolute atomic E-state index is 11.3. The molecule has 2 rings (SSSR count). The summed E-state index contributed by atoms with van der Waals surface area (Å²) in [4.78, 5) is 23.8. The zero-order valence-electron chi connectivity index (χ0n) is 8.55. The van der Waals surface area contributed by atoms with Crippen LogP contribution in [0.1, 0.15) is 5.76 Å². The fourth-order valence-electron chi connectivity index (χ4n) is 1.69. The molecule has 16 heavy (non-hydrogen) atoms. The van der Waals surface area contributed by atoms with Crippen LogP contribution in [0.3, 0.4) is 0 Å². The van der Waals surface area contributed by atoms with Gasteiger partial charge in [-0.15, -0.1) is 0 Å². The second kappa shape index (κ2) is 4.36.